The van der Waals surface area contributed by atoms with E-state index in [4.69, 9.17) is 0 Å². The molecule has 150 valence electrons. The number of benzene rings is 2. The van der Waals surface area contributed by atoms with Crippen molar-refractivity contribution in [2.24, 2.45) is 5.92 Å². The van der Waals surface area contributed by atoms with Crippen LogP contribution in [0.3, 0.4) is 0 Å². The summed E-state index contributed by atoms with van der Waals surface area (Å²) in [5.74, 6) is 1.28. The second-order valence-electron chi connectivity index (χ2n) is 7.40. The smallest absolute Gasteiger partial charge is 0.224 e. The monoisotopic (exact) mass is 390 g/mol. The number of amides is 1. The minimum Gasteiger partial charge on any atom is -0.369 e. The molecule has 2 aromatic carbocycles. The van der Waals surface area contributed by atoms with Crippen molar-refractivity contribution in [2.75, 3.05) is 17.2 Å². The fourth-order valence-electron chi connectivity index (χ4n) is 3.05. The minimum atomic E-state index is -0.169. The Hall–Kier alpha value is -3.28. The molecule has 0 aliphatic rings. The van der Waals surface area contributed by atoms with Crippen molar-refractivity contribution in [3.05, 3.63) is 48.8 Å². The lowest BCUT2D eigenvalue weighted by Gasteiger charge is -2.11. The molecule has 3 rings (SSSR count). The first-order chi connectivity index (χ1) is 14.1. The number of fused-ring (bicyclic) bond motifs is 1. The van der Waals surface area contributed by atoms with Gasteiger partial charge in [-0.05, 0) is 47.7 Å². The number of carbonyl (C=O) groups is 2. The van der Waals surface area contributed by atoms with Crippen LogP contribution in [0.5, 0.6) is 0 Å². The van der Waals surface area contributed by atoms with Gasteiger partial charge in [0.25, 0.3) is 0 Å². The van der Waals surface area contributed by atoms with Gasteiger partial charge >= 0.3 is 0 Å². The van der Waals surface area contributed by atoms with Gasteiger partial charge in [-0.2, -0.15) is 0 Å². The standard InChI is InChI=1S/C23H26N4O2/c1-16(2)10-11-24-23-20-14-18(8-9-21(20)25-15-26-23)17-5-3-6-19(13-17)27-22(29)7-4-12-28/h3,5-6,8-9,12-16H,4,7,10-11H2,1-2H3,(H,27,29)(H,24,25,26). The van der Waals surface area contributed by atoms with Crippen LogP contribution in [0, 0.1) is 5.92 Å². The molecule has 1 aromatic heterocycles. The highest BCUT2D eigenvalue weighted by Gasteiger charge is 2.08. The molecule has 0 atom stereocenters. The molecule has 1 amide bonds. The number of aromatic nitrogens is 2. The van der Waals surface area contributed by atoms with Gasteiger partial charge in [0.15, 0.2) is 0 Å². The van der Waals surface area contributed by atoms with Gasteiger partial charge in [0, 0.05) is 30.5 Å². The minimum absolute atomic E-state index is 0.169. The largest absolute Gasteiger partial charge is 0.369 e. The number of hydrogen-bond acceptors (Lipinski definition) is 5. The van der Waals surface area contributed by atoms with E-state index < -0.39 is 0 Å². The van der Waals surface area contributed by atoms with Crippen LogP contribution in [0.2, 0.25) is 0 Å². The average molecular weight is 390 g/mol. The highest BCUT2D eigenvalue weighted by atomic mass is 16.1. The third kappa shape index (κ3) is 5.60. The molecule has 0 saturated heterocycles. The van der Waals surface area contributed by atoms with Crippen molar-refractivity contribution < 1.29 is 9.59 Å². The summed E-state index contributed by atoms with van der Waals surface area (Å²) in [5, 5.41) is 7.22. The fourth-order valence-corrected chi connectivity index (χ4v) is 3.05. The predicted molar refractivity (Wildman–Crippen MR) is 117 cm³/mol. The van der Waals surface area contributed by atoms with Crippen molar-refractivity contribution >= 4 is 34.6 Å². The Morgan fingerprint density at radius 1 is 1.10 bits per heavy atom. The molecule has 0 radical (unpaired) electrons. The van der Waals surface area contributed by atoms with Crippen molar-refractivity contribution in [1.82, 2.24) is 9.97 Å². The molecule has 3 aromatic rings. The van der Waals surface area contributed by atoms with Crippen LogP contribution in [0.4, 0.5) is 11.5 Å². The van der Waals surface area contributed by atoms with Gasteiger partial charge in [-0.3, -0.25) is 4.79 Å². The Labute approximate surface area is 170 Å². The van der Waals surface area contributed by atoms with Crippen molar-refractivity contribution in [1.29, 1.82) is 0 Å². The van der Waals surface area contributed by atoms with Gasteiger partial charge in [0.1, 0.15) is 18.4 Å². The van der Waals surface area contributed by atoms with Crippen LogP contribution in [0.15, 0.2) is 48.8 Å². The summed E-state index contributed by atoms with van der Waals surface area (Å²) >= 11 is 0. The maximum absolute atomic E-state index is 11.9. The van der Waals surface area contributed by atoms with E-state index >= 15 is 0 Å². The lowest BCUT2D eigenvalue weighted by Crippen LogP contribution is -2.11. The van der Waals surface area contributed by atoms with Crippen molar-refractivity contribution in [2.45, 2.75) is 33.1 Å². The summed E-state index contributed by atoms with van der Waals surface area (Å²) in [6.07, 6.45) is 3.81. The van der Waals surface area contributed by atoms with E-state index in [2.05, 4.69) is 40.5 Å². The number of anilines is 2. The molecule has 1 heterocycles. The summed E-state index contributed by atoms with van der Waals surface area (Å²) in [4.78, 5) is 31.1. The first-order valence-corrected chi connectivity index (χ1v) is 9.89. The van der Waals surface area contributed by atoms with E-state index in [1.165, 1.54) is 0 Å². The fraction of sp³-hybridized carbons (Fsp3) is 0.304. The van der Waals surface area contributed by atoms with Crippen LogP contribution in [-0.2, 0) is 9.59 Å². The second kappa shape index (κ2) is 9.78. The Kier molecular flexibility index (Phi) is 6.89. The third-order valence-electron chi connectivity index (χ3n) is 4.62. The van der Waals surface area contributed by atoms with Gasteiger partial charge < -0.3 is 15.4 Å². The normalized spacial score (nSPS) is 10.9. The highest BCUT2D eigenvalue weighted by molar-refractivity contribution is 5.94. The number of rotatable bonds is 9. The lowest BCUT2D eigenvalue weighted by molar-refractivity contribution is -0.118. The highest BCUT2D eigenvalue weighted by Crippen LogP contribution is 2.28. The summed E-state index contributed by atoms with van der Waals surface area (Å²) in [5.41, 5.74) is 3.59. The number of nitrogens with one attached hydrogen (secondary N) is 2. The SMILES string of the molecule is CC(C)CCNc1ncnc2ccc(-c3cccc(NC(=O)CCC=O)c3)cc12. The molecule has 6 nitrogen and oxygen atoms in total. The molecule has 0 saturated carbocycles. The summed E-state index contributed by atoms with van der Waals surface area (Å²) < 4.78 is 0. The van der Waals surface area contributed by atoms with Crippen molar-refractivity contribution in [3.63, 3.8) is 0 Å². The lowest BCUT2D eigenvalue weighted by atomic mass is 10.0. The van der Waals surface area contributed by atoms with E-state index in [1.807, 2.05) is 36.4 Å². The molecular formula is C23H26N4O2. The quantitative estimate of drug-likeness (QED) is 0.519. The van der Waals surface area contributed by atoms with Crippen LogP contribution >= 0.6 is 0 Å². The maximum atomic E-state index is 11.9. The average Bonchev–Trinajstić information content (AvgIpc) is 2.72. The topological polar surface area (TPSA) is 84.0 Å². The Morgan fingerprint density at radius 3 is 2.72 bits per heavy atom. The molecule has 2 N–H and O–H groups in total. The van der Waals surface area contributed by atoms with Crippen LogP contribution in [0.25, 0.3) is 22.0 Å². The van der Waals surface area contributed by atoms with Crippen LogP contribution in [-0.4, -0.2) is 28.7 Å². The van der Waals surface area contributed by atoms with Gasteiger partial charge in [-0.25, -0.2) is 9.97 Å². The van der Waals surface area contributed by atoms with E-state index in [1.54, 1.807) is 6.33 Å². The first-order valence-electron chi connectivity index (χ1n) is 9.89. The van der Waals surface area contributed by atoms with E-state index in [9.17, 15) is 9.59 Å². The molecule has 0 fully saturated rings. The third-order valence-corrected chi connectivity index (χ3v) is 4.62. The van der Waals surface area contributed by atoms with Gasteiger partial charge in [-0.1, -0.05) is 32.0 Å². The molecule has 0 unspecified atom stereocenters. The second-order valence-corrected chi connectivity index (χ2v) is 7.40. The van der Waals surface area contributed by atoms with Crippen LogP contribution in [0.1, 0.15) is 33.1 Å². The van der Waals surface area contributed by atoms with E-state index in [0.717, 1.165) is 47.1 Å². The predicted octanol–water partition coefficient (Wildman–Crippen LogP) is 4.67. The molecule has 0 spiro atoms. The molecular weight excluding hydrogens is 364 g/mol. The van der Waals surface area contributed by atoms with E-state index in [0.29, 0.717) is 11.6 Å². The molecule has 6 heteroatoms. The van der Waals surface area contributed by atoms with Gasteiger partial charge in [0.05, 0.1) is 5.52 Å². The number of hydrogen-bond donors (Lipinski definition) is 2. The molecule has 29 heavy (non-hydrogen) atoms. The Bertz CT molecular complexity index is 1000. The zero-order valence-electron chi connectivity index (χ0n) is 16.8. The Morgan fingerprint density at radius 2 is 1.93 bits per heavy atom. The Balaban J connectivity index is 1.85. The number of aldehydes is 1. The van der Waals surface area contributed by atoms with Gasteiger partial charge in [0.2, 0.25) is 5.91 Å². The van der Waals surface area contributed by atoms with E-state index in [-0.39, 0.29) is 18.7 Å². The zero-order valence-corrected chi connectivity index (χ0v) is 16.8. The molecule has 0 bridgehead atoms. The summed E-state index contributed by atoms with van der Waals surface area (Å²) in [6.45, 7) is 5.25. The van der Waals surface area contributed by atoms with Gasteiger partial charge in [-0.15, -0.1) is 0 Å². The van der Waals surface area contributed by atoms with Crippen molar-refractivity contribution in [3.8, 4) is 11.1 Å². The number of nitrogens with zero attached hydrogens (tertiary/aromatic N) is 2. The maximum Gasteiger partial charge on any atom is 0.224 e. The summed E-state index contributed by atoms with van der Waals surface area (Å²) in [6, 6.07) is 13.7. The molecule has 0 aliphatic carbocycles. The summed E-state index contributed by atoms with van der Waals surface area (Å²) in [7, 11) is 0. The zero-order chi connectivity index (χ0) is 20.6. The first kappa shape index (κ1) is 20.5. The number of carbonyl (C=O) groups excluding carboxylic acids is 2. The van der Waals surface area contributed by atoms with Crippen LogP contribution < -0.4 is 10.6 Å². The molecule has 0 aliphatic heterocycles.